The molecule has 0 saturated carbocycles. The Morgan fingerprint density at radius 3 is 2.20 bits per heavy atom. The van der Waals surface area contributed by atoms with Gasteiger partial charge in [-0.25, -0.2) is 4.79 Å². The zero-order valence-corrected chi connectivity index (χ0v) is 12.7. The molecule has 2 nitrogen and oxygen atoms in total. The Labute approximate surface area is 122 Å². The number of rotatable bonds is 9. The summed E-state index contributed by atoms with van der Waals surface area (Å²) in [4.78, 5) is 11.5. The second-order valence-corrected chi connectivity index (χ2v) is 5.34. The number of unbranched alkanes of at least 4 members (excludes halogenated alkanes) is 5. The molecule has 0 aliphatic carbocycles. The van der Waals surface area contributed by atoms with E-state index in [1.54, 1.807) is 0 Å². The van der Waals surface area contributed by atoms with Crippen LogP contribution in [0.4, 0.5) is 0 Å². The van der Waals surface area contributed by atoms with Crippen LogP contribution in [0.3, 0.4) is 0 Å². The van der Waals surface area contributed by atoms with Gasteiger partial charge in [0.1, 0.15) is 0 Å². The van der Waals surface area contributed by atoms with E-state index in [0.717, 1.165) is 24.0 Å². The monoisotopic (exact) mass is 274 g/mol. The lowest BCUT2D eigenvalue weighted by atomic mass is 9.97. The zero-order valence-electron chi connectivity index (χ0n) is 12.7. The number of hydrogen-bond donors (Lipinski definition) is 1. The van der Waals surface area contributed by atoms with E-state index in [4.69, 9.17) is 0 Å². The van der Waals surface area contributed by atoms with Crippen molar-refractivity contribution in [3.05, 3.63) is 41.5 Å². The molecule has 0 spiro atoms. The minimum absolute atomic E-state index is 0.471. The summed E-state index contributed by atoms with van der Waals surface area (Å²) in [5, 5.41) is 9.41. The number of carboxylic acids is 1. The third-order valence-electron chi connectivity index (χ3n) is 3.61. The summed E-state index contributed by atoms with van der Waals surface area (Å²) in [6.45, 7) is 4.16. The molecule has 110 valence electrons. The molecule has 0 heterocycles. The highest BCUT2D eigenvalue weighted by Crippen LogP contribution is 2.23. The van der Waals surface area contributed by atoms with E-state index in [1.807, 2.05) is 37.3 Å². The van der Waals surface area contributed by atoms with Crippen molar-refractivity contribution < 1.29 is 9.90 Å². The lowest BCUT2D eigenvalue weighted by Crippen LogP contribution is -2.02. The quantitative estimate of drug-likeness (QED) is 0.490. The smallest absolute Gasteiger partial charge is 0.336 e. The van der Waals surface area contributed by atoms with Crippen molar-refractivity contribution in [3.8, 4) is 0 Å². The maximum atomic E-state index is 11.5. The molecular weight excluding hydrogens is 248 g/mol. The molecule has 0 unspecified atom stereocenters. The number of allylic oxidation sites excluding steroid dienone is 1. The van der Waals surface area contributed by atoms with E-state index in [2.05, 4.69) is 6.92 Å². The van der Waals surface area contributed by atoms with E-state index in [-0.39, 0.29) is 0 Å². The predicted molar refractivity (Wildman–Crippen MR) is 84.7 cm³/mol. The SMILES string of the molecule is CCCCCCCC/C(C)=C(\C(=O)O)c1ccccc1. The van der Waals surface area contributed by atoms with Crippen LogP contribution in [0.25, 0.3) is 5.57 Å². The third kappa shape index (κ3) is 5.60. The van der Waals surface area contributed by atoms with Crippen molar-refractivity contribution in [2.75, 3.05) is 0 Å². The molecule has 1 N–H and O–H groups in total. The molecule has 0 aromatic heterocycles. The van der Waals surface area contributed by atoms with Crippen LogP contribution in [-0.4, -0.2) is 11.1 Å². The van der Waals surface area contributed by atoms with Crippen molar-refractivity contribution in [2.45, 2.75) is 58.8 Å². The minimum Gasteiger partial charge on any atom is -0.478 e. The van der Waals surface area contributed by atoms with Crippen molar-refractivity contribution in [1.29, 1.82) is 0 Å². The first-order valence-corrected chi connectivity index (χ1v) is 7.65. The van der Waals surface area contributed by atoms with Crippen molar-refractivity contribution >= 4 is 11.5 Å². The first-order chi connectivity index (χ1) is 9.66. The molecular formula is C18H26O2. The summed E-state index contributed by atoms with van der Waals surface area (Å²) in [6.07, 6.45) is 8.27. The van der Waals surface area contributed by atoms with E-state index in [1.165, 1.54) is 32.1 Å². The highest BCUT2D eigenvalue weighted by Gasteiger charge is 2.13. The molecule has 2 heteroatoms. The van der Waals surface area contributed by atoms with Gasteiger partial charge < -0.3 is 5.11 Å². The average Bonchev–Trinajstić information content (AvgIpc) is 2.43. The summed E-state index contributed by atoms with van der Waals surface area (Å²) in [5.74, 6) is -0.820. The van der Waals surface area contributed by atoms with Gasteiger partial charge >= 0.3 is 5.97 Å². The Morgan fingerprint density at radius 2 is 1.60 bits per heavy atom. The summed E-state index contributed by atoms with van der Waals surface area (Å²) < 4.78 is 0. The van der Waals surface area contributed by atoms with Gasteiger partial charge in [0.15, 0.2) is 0 Å². The van der Waals surface area contributed by atoms with Gasteiger partial charge in [-0.1, -0.05) is 74.9 Å². The van der Waals surface area contributed by atoms with Gasteiger partial charge in [-0.05, 0) is 25.3 Å². The molecule has 20 heavy (non-hydrogen) atoms. The van der Waals surface area contributed by atoms with E-state index >= 15 is 0 Å². The van der Waals surface area contributed by atoms with Crippen LogP contribution < -0.4 is 0 Å². The molecule has 0 bridgehead atoms. The summed E-state index contributed by atoms with van der Waals surface area (Å²) in [6, 6.07) is 9.42. The van der Waals surface area contributed by atoms with E-state index in [9.17, 15) is 9.90 Å². The number of carboxylic acid groups (broad SMARTS) is 1. The zero-order chi connectivity index (χ0) is 14.8. The second-order valence-electron chi connectivity index (χ2n) is 5.34. The maximum Gasteiger partial charge on any atom is 0.336 e. The summed E-state index contributed by atoms with van der Waals surface area (Å²) in [7, 11) is 0. The minimum atomic E-state index is -0.820. The van der Waals surface area contributed by atoms with Gasteiger partial charge in [-0.15, -0.1) is 0 Å². The highest BCUT2D eigenvalue weighted by molar-refractivity contribution is 6.16. The van der Waals surface area contributed by atoms with Crippen LogP contribution in [-0.2, 0) is 4.79 Å². The number of benzene rings is 1. The molecule has 0 atom stereocenters. The molecule has 0 aliphatic heterocycles. The molecule has 1 aromatic rings. The normalized spacial score (nSPS) is 12.1. The van der Waals surface area contributed by atoms with Gasteiger partial charge in [-0.2, -0.15) is 0 Å². The van der Waals surface area contributed by atoms with Crippen LogP contribution in [0.2, 0.25) is 0 Å². The first kappa shape index (κ1) is 16.5. The van der Waals surface area contributed by atoms with Gasteiger partial charge in [0, 0.05) is 0 Å². The lowest BCUT2D eigenvalue weighted by Gasteiger charge is -2.09. The standard InChI is InChI=1S/C18H26O2/c1-3-4-5-6-7-9-12-15(2)17(18(19)20)16-13-10-8-11-14-16/h8,10-11,13-14H,3-7,9,12H2,1-2H3,(H,19,20)/b17-15-. The number of carbonyl (C=O) groups is 1. The molecule has 1 rings (SSSR count). The fourth-order valence-electron chi connectivity index (χ4n) is 2.45. The molecule has 1 aromatic carbocycles. The Kier molecular flexibility index (Phi) is 7.71. The Morgan fingerprint density at radius 1 is 1.00 bits per heavy atom. The van der Waals surface area contributed by atoms with Gasteiger partial charge in [0.2, 0.25) is 0 Å². The lowest BCUT2D eigenvalue weighted by molar-refractivity contribution is -0.130. The largest absolute Gasteiger partial charge is 0.478 e. The third-order valence-corrected chi connectivity index (χ3v) is 3.61. The number of aliphatic carboxylic acids is 1. The van der Waals surface area contributed by atoms with Crippen molar-refractivity contribution in [3.63, 3.8) is 0 Å². The van der Waals surface area contributed by atoms with E-state index < -0.39 is 5.97 Å². The van der Waals surface area contributed by atoms with Crippen LogP contribution in [0.5, 0.6) is 0 Å². The van der Waals surface area contributed by atoms with Gasteiger partial charge in [0.05, 0.1) is 5.57 Å². The van der Waals surface area contributed by atoms with Gasteiger partial charge in [0.25, 0.3) is 0 Å². The second kappa shape index (κ2) is 9.35. The maximum absolute atomic E-state index is 11.5. The predicted octanol–water partition coefficient (Wildman–Crippen LogP) is 5.30. The summed E-state index contributed by atoms with van der Waals surface area (Å²) >= 11 is 0. The molecule has 0 aliphatic rings. The molecule has 0 fully saturated rings. The average molecular weight is 274 g/mol. The van der Waals surface area contributed by atoms with Gasteiger partial charge in [-0.3, -0.25) is 0 Å². The van der Waals surface area contributed by atoms with E-state index in [0.29, 0.717) is 5.57 Å². The highest BCUT2D eigenvalue weighted by atomic mass is 16.4. The van der Waals surface area contributed by atoms with Crippen molar-refractivity contribution in [1.82, 2.24) is 0 Å². The number of hydrogen-bond acceptors (Lipinski definition) is 1. The Hall–Kier alpha value is -1.57. The Bertz CT molecular complexity index is 432. The summed E-state index contributed by atoms with van der Waals surface area (Å²) in [5.41, 5.74) is 2.27. The molecule has 0 saturated heterocycles. The topological polar surface area (TPSA) is 37.3 Å². The van der Waals surface area contributed by atoms with Crippen LogP contribution in [0.1, 0.15) is 64.4 Å². The fraction of sp³-hybridized carbons (Fsp3) is 0.500. The Balaban J connectivity index is 2.58. The van der Waals surface area contributed by atoms with Crippen molar-refractivity contribution in [2.24, 2.45) is 0 Å². The van der Waals surface area contributed by atoms with Crippen LogP contribution in [0.15, 0.2) is 35.9 Å². The first-order valence-electron chi connectivity index (χ1n) is 7.65. The fourth-order valence-corrected chi connectivity index (χ4v) is 2.45. The molecule has 0 amide bonds. The van der Waals surface area contributed by atoms with Crippen LogP contribution >= 0.6 is 0 Å². The molecule has 0 radical (unpaired) electrons. The van der Waals surface area contributed by atoms with Crippen LogP contribution in [0, 0.1) is 0 Å².